The molecule has 0 radical (unpaired) electrons. The lowest BCUT2D eigenvalue weighted by atomic mass is 10.1. The summed E-state index contributed by atoms with van der Waals surface area (Å²) in [5.74, 6) is -0.976. The van der Waals surface area contributed by atoms with E-state index >= 15 is 0 Å². The summed E-state index contributed by atoms with van der Waals surface area (Å²) in [5, 5.41) is 13.8. The SMILES string of the molecule is O=c1cnn(-c2cc(Cl)c(Oc3ccc(O)c(S(=O)(=O)NCCc4ccc(F)cc4)c3)c(Cl)c2)c(=O)[nH]1. The lowest BCUT2D eigenvalue weighted by molar-refractivity contribution is 0.448. The molecule has 0 saturated heterocycles. The summed E-state index contributed by atoms with van der Waals surface area (Å²) in [6, 6.07) is 11.8. The van der Waals surface area contributed by atoms with E-state index < -0.39 is 37.7 Å². The molecule has 0 fully saturated rings. The molecule has 14 heteroatoms. The number of benzene rings is 3. The monoisotopic (exact) mass is 566 g/mol. The standard InChI is InChI=1S/C23H17Cl2FN4O6S/c24-17-9-15(30-23(33)29-21(32)12-27-30)10-18(25)22(17)36-16-5-6-19(31)20(11-16)37(34,35)28-8-7-13-1-3-14(26)4-2-13/h1-6,9-12,28,31H,7-8H2,(H,29,32,33). The number of aromatic amines is 1. The number of nitrogens with zero attached hydrogens (tertiary/aromatic N) is 2. The van der Waals surface area contributed by atoms with Gasteiger partial charge in [0, 0.05) is 12.6 Å². The molecule has 0 amide bonds. The van der Waals surface area contributed by atoms with Crippen LogP contribution in [0.4, 0.5) is 4.39 Å². The highest BCUT2D eigenvalue weighted by Crippen LogP contribution is 2.39. The maximum atomic E-state index is 13.0. The van der Waals surface area contributed by atoms with Gasteiger partial charge in [0.2, 0.25) is 10.0 Å². The molecule has 192 valence electrons. The van der Waals surface area contributed by atoms with Gasteiger partial charge in [0.15, 0.2) is 5.75 Å². The predicted octanol–water partition coefficient (Wildman–Crippen LogP) is 3.39. The van der Waals surface area contributed by atoms with Crippen molar-refractivity contribution in [2.45, 2.75) is 11.3 Å². The normalized spacial score (nSPS) is 11.4. The number of phenols is 1. The summed E-state index contributed by atoms with van der Waals surface area (Å²) in [6.45, 7) is -0.00420. The Morgan fingerprint density at radius 1 is 1.05 bits per heavy atom. The van der Waals surface area contributed by atoms with Gasteiger partial charge in [-0.25, -0.2) is 22.3 Å². The molecule has 0 aliphatic rings. The minimum Gasteiger partial charge on any atom is -0.507 e. The average Bonchev–Trinajstić information content (AvgIpc) is 2.83. The van der Waals surface area contributed by atoms with E-state index in [0.29, 0.717) is 6.42 Å². The van der Waals surface area contributed by atoms with Gasteiger partial charge < -0.3 is 9.84 Å². The molecule has 0 aliphatic carbocycles. The van der Waals surface area contributed by atoms with Gasteiger partial charge in [-0.1, -0.05) is 35.3 Å². The van der Waals surface area contributed by atoms with Gasteiger partial charge in [-0.05, 0) is 48.4 Å². The van der Waals surface area contributed by atoms with E-state index in [4.69, 9.17) is 27.9 Å². The molecule has 0 unspecified atom stereocenters. The van der Waals surface area contributed by atoms with Crippen LogP contribution in [0, 0.1) is 5.82 Å². The van der Waals surface area contributed by atoms with Crippen LogP contribution in [0.15, 0.2) is 75.3 Å². The van der Waals surface area contributed by atoms with Crippen LogP contribution in [-0.2, 0) is 16.4 Å². The third-order valence-corrected chi connectivity index (χ3v) is 7.05. The number of aromatic hydroxyl groups is 1. The zero-order valence-corrected chi connectivity index (χ0v) is 20.9. The van der Waals surface area contributed by atoms with Crippen LogP contribution in [0.1, 0.15) is 5.56 Å². The number of sulfonamides is 1. The number of phenolic OH excluding ortho intramolecular Hbond substituents is 1. The molecule has 3 aromatic carbocycles. The number of hydrogen-bond donors (Lipinski definition) is 3. The van der Waals surface area contributed by atoms with Gasteiger partial charge in [-0.2, -0.15) is 9.78 Å². The quantitative estimate of drug-likeness (QED) is 0.296. The molecule has 0 saturated carbocycles. The summed E-state index contributed by atoms with van der Waals surface area (Å²) < 4.78 is 47.5. The second-order valence-electron chi connectivity index (χ2n) is 7.60. The summed E-state index contributed by atoms with van der Waals surface area (Å²) in [6.07, 6.45) is 1.20. The van der Waals surface area contributed by atoms with Gasteiger partial charge in [-0.15, -0.1) is 0 Å². The van der Waals surface area contributed by atoms with Crippen molar-refractivity contribution in [3.05, 3.63) is 103 Å². The fourth-order valence-corrected chi connectivity index (χ4v) is 4.95. The van der Waals surface area contributed by atoms with Crippen LogP contribution in [0.5, 0.6) is 17.2 Å². The highest BCUT2D eigenvalue weighted by Gasteiger charge is 2.21. The van der Waals surface area contributed by atoms with Gasteiger partial charge in [0.25, 0.3) is 5.56 Å². The zero-order valence-electron chi connectivity index (χ0n) is 18.6. The van der Waals surface area contributed by atoms with Crippen molar-refractivity contribution in [2.24, 2.45) is 0 Å². The fourth-order valence-electron chi connectivity index (χ4n) is 3.25. The Hall–Kier alpha value is -3.71. The molecule has 4 rings (SSSR count). The van der Waals surface area contributed by atoms with E-state index in [1.54, 1.807) is 0 Å². The lowest BCUT2D eigenvalue weighted by Crippen LogP contribution is -2.30. The molecule has 0 spiro atoms. The topological polar surface area (TPSA) is 143 Å². The Kier molecular flexibility index (Phi) is 7.64. The molecule has 10 nitrogen and oxygen atoms in total. The first-order chi connectivity index (χ1) is 17.5. The number of halogens is 3. The van der Waals surface area contributed by atoms with Crippen LogP contribution in [0.3, 0.4) is 0 Å². The second kappa shape index (κ2) is 10.7. The van der Waals surface area contributed by atoms with E-state index in [1.165, 1.54) is 42.5 Å². The molecule has 4 aromatic rings. The minimum atomic E-state index is -4.15. The molecule has 0 atom stereocenters. The summed E-state index contributed by atoms with van der Waals surface area (Å²) in [4.78, 5) is 24.8. The maximum Gasteiger partial charge on any atom is 0.349 e. The van der Waals surface area contributed by atoms with Gasteiger partial charge >= 0.3 is 5.69 Å². The van der Waals surface area contributed by atoms with Crippen LogP contribution >= 0.6 is 23.2 Å². The van der Waals surface area contributed by atoms with E-state index in [0.717, 1.165) is 28.6 Å². The van der Waals surface area contributed by atoms with E-state index in [2.05, 4.69) is 14.8 Å². The lowest BCUT2D eigenvalue weighted by Gasteiger charge is -2.14. The van der Waals surface area contributed by atoms with Crippen LogP contribution in [-0.4, -0.2) is 34.8 Å². The molecule has 1 aromatic heterocycles. The summed E-state index contributed by atoms with van der Waals surface area (Å²) in [7, 11) is -4.15. The zero-order chi connectivity index (χ0) is 26.7. The number of aromatic nitrogens is 3. The maximum absolute atomic E-state index is 13.0. The first-order valence-corrected chi connectivity index (χ1v) is 12.7. The van der Waals surface area contributed by atoms with Gasteiger partial charge in [-0.3, -0.25) is 9.78 Å². The first-order valence-electron chi connectivity index (χ1n) is 10.5. The average molecular weight is 567 g/mol. The number of hydrogen-bond acceptors (Lipinski definition) is 7. The summed E-state index contributed by atoms with van der Waals surface area (Å²) >= 11 is 12.6. The van der Waals surface area contributed by atoms with Crippen molar-refractivity contribution >= 4 is 33.2 Å². The molecule has 0 bridgehead atoms. The molecular formula is C23H17Cl2FN4O6S. The predicted molar refractivity (Wildman–Crippen MR) is 134 cm³/mol. The van der Waals surface area contributed by atoms with E-state index in [9.17, 15) is 27.5 Å². The van der Waals surface area contributed by atoms with Crippen molar-refractivity contribution < 1.29 is 22.7 Å². The van der Waals surface area contributed by atoms with Crippen molar-refractivity contribution in [3.8, 4) is 22.9 Å². The molecule has 1 heterocycles. The number of nitrogens with one attached hydrogen (secondary N) is 2. The van der Waals surface area contributed by atoms with Crippen LogP contribution in [0.25, 0.3) is 5.69 Å². The highest BCUT2D eigenvalue weighted by atomic mass is 35.5. The second-order valence-corrected chi connectivity index (χ2v) is 10.1. The third kappa shape index (κ3) is 6.17. The summed E-state index contributed by atoms with van der Waals surface area (Å²) in [5.41, 5.74) is -0.629. The highest BCUT2D eigenvalue weighted by molar-refractivity contribution is 7.89. The first kappa shape index (κ1) is 26.4. The van der Waals surface area contributed by atoms with Crippen molar-refractivity contribution in [1.82, 2.24) is 19.5 Å². The molecule has 37 heavy (non-hydrogen) atoms. The van der Waals surface area contributed by atoms with Crippen molar-refractivity contribution in [1.29, 1.82) is 0 Å². The smallest absolute Gasteiger partial charge is 0.349 e. The van der Waals surface area contributed by atoms with Gasteiger partial charge in [0.05, 0.1) is 15.7 Å². The Morgan fingerprint density at radius 3 is 2.38 bits per heavy atom. The minimum absolute atomic E-state index is 0.00420. The Morgan fingerprint density at radius 2 is 1.73 bits per heavy atom. The fraction of sp³-hybridized carbons (Fsp3) is 0.0870. The van der Waals surface area contributed by atoms with Crippen LogP contribution in [0.2, 0.25) is 10.0 Å². The number of rotatable bonds is 8. The Balaban J connectivity index is 1.55. The number of H-pyrrole nitrogens is 1. The molecule has 0 aliphatic heterocycles. The van der Waals surface area contributed by atoms with E-state index in [-0.39, 0.29) is 33.8 Å². The molecule has 3 N–H and O–H groups in total. The van der Waals surface area contributed by atoms with Crippen molar-refractivity contribution in [2.75, 3.05) is 6.54 Å². The van der Waals surface area contributed by atoms with Crippen molar-refractivity contribution in [3.63, 3.8) is 0 Å². The third-order valence-electron chi connectivity index (χ3n) is 5.00. The number of ether oxygens (including phenoxy) is 1. The van der Waals surface area contributed by atoms with Crippen LogP contribution < -0.4 is 20.7 Å². The Bertz CT molecular complexity index is 1670. The largest absolute Gasteiger partial charge is 0.507 e. The van der Waals surface area contributed by atoms with E-state index in [1.807, 2.05) is 0 Å². The van der Waals surface area contributed by atoms with Gasteiger partial charge in [0.1, 0.15) is 28.4 Å². The Labute approximate surface area is 218 Å². The molecular weight excluding hydrogens is 550 g/mol.